The first-order chi connectivity index (χ1) is 15.2. The zero-order valence-electron chi connectivity index (χ0n) is 22.4. The van der Waals surface area contributed by atoms with E-state index in [9.17, 15) is 15.3 Å². The molecule has 4 saturated carbocycles. The Balaban J connectivity index is 1.57. The van der Waals surface area contributed by atoms with Crippen molar-refractivity contribution in [3.05, 3.63) is 11.6 Å². The molecule has 0 aliphatic heterocycles. The number of aliphatic hydroxyl groups excluding tert-OH is 3. The topological polar surface area (TPSA) is 60.7 Å². The summed E-state index contributed by atoms with van der Waals surface area (Å²) in [6.45, 7) is 16.9. The van der Waals surface area contributed by atoms with Gasteiger partial charge in [-0.05, 0) is 103 Å². The normalized spacial score (nSPS) is 57.8. The molecular weight excluding hydrogens is 408 g/mol. The van der Waals surface area contributed by atoms with Crippen molar-refractivity contribution in [2.75, 3.05) is 6.61 Å². The van der Waals surface area contributed by atoms with Gasteiger partial charge in [0.15, 0.2) is 0 Å². The largest absolute Gasteiger partial charge is 0.396 e. The Morgan fingerprint density at radius 1 is 0.818 bits per heavy atom. The molecule has 0 amide bonds. The Bertz CT molecular complexity index is 847. The maximum Gasteiger partial charge on any atom is 0.0618 e. The predicted molar refractivity (Wildman–Crippen MR) is 134 cm³/mol. The summed E-state index contributed by atoms with van der Waals surface area (Å²) in [4.78, 5) is 0. The van der Waals surface area contributed by atoms with E-state index in [0.29, 0.717) is 17.8 Å². The van der Waals surface area contributed by atoms with E-state index in [0.717, 1.165) is 38.5 Å². The van der Waals surface area contributed by atoms with Crippen molar-refractivity contribution in [3.8, 4) is 0 Å². The van der Waals surface area contributed by atoms with Crippen LogP contribution in [0, 0.1) is 50.2 Å². The first-order valence-corrected chi connectivity index (χ1v) is 13.9. The number of hydrogen-bond donors (Lipinski definition) is 3. The van der Waals surface area contributed by atoms with Crippen LogP contribution in [0.5, 0.6) is 0 Å². The summed E-state index contributed by atoms with van der Waals surface area (Å²) in [6, 6.07) is 0. The zero-order chi connectivity index (χ0) is 24.2. The molecule has 4 fully saturated rings. The monoisotopic (exact) mass is 458 g/mol. The van der Waals surface area contributed by atoms with Crippen molar-refractivity contribution in [2.24, 2.45) is 50.2 Å². The molecule has 5 rings (SSSR count). The van der Waals surface area contributed by atoms with E-state index in [1.54, 1.807) is 5.57 Å². The minimum absolute atomic E-state index is 0.0207. The van der Waals surface area contributed by atoms with Crippen molar-refractivity contribution in [2.45, 2.75) is 118 Å². The van der Waals surface area contributed by atoms with Crippen LogP contribution in [0.15, 0.2) is 11.6 Å². The molecule has 0 bridgehead atoms. The Labute approximate surface area is 202 Å². The molecule has 5 aliphatic rings. The van der Waals surface area contributed by atoms with Crippen LogP contribution < -0.4 is 0 Å². The molecular formula is C30H50O3. The number of aliphatic hydroxyl groups is 3. The number of allylic oxidation sites excluding steroid dienone is 2. The minimum atomic E-state index is -0.388. The minimum Gasteiger partial charge on any atom is -0.396 e. The molecule has 0 aromatic carbocycles. The molecule has 0 heterocycles. The third kappa shape index (κ3) is 2.91. The summed E-state index contributed by atoms with van der Waals surface area (Å²) >= 11 is 0. The van der Waals surface area contributed by atoms with Crippen LogP contribution in [0.1, 0.15) is 106 Å². The predicted octanol–water partition coefficient (Wildman–Crippen LogP) is 6.11. The molecule has 3 heteroatoms. The lowest BCUT2D eigenvalue weighted by molar-refractivity contribution is -0.216. The van der Waals surface area contributed by atoms with Crippen molar-refractivity contribution >= 4 is 0 Å². The molecule has 0 saturated heterocycles. The Morgan fingerprint density at radius 3 is 2.18 bits per heavy atom. The molecule has 3 N–H and O–H groups in total. The van der Waals surface area contributed by atoms with Gasteiger partial charge in [-0.3, -0.25) is 0 Å². The quantitative estimate of drug-likeness (QED) is 0.415. The average molecular weight is 459 g/mol. The van der Waals surface area contributed by atoms with Crippen molar-refractivity contribution in [1.29, 1.82) is 0 Å². The fourth-order valence-electron chi connectivity index (χ4n) is 10.6. The molecule has 5 aliphatic carbocycles. The van der Waals surface area contributed by atoms with Gasteiger partial charge in [0, 0.05) is 5.41 Å². The van der Waals surface area contributed by atoms with Gasteiger partial charge in [-0.1, -0.05) is 60.1 Å². The second-order valence-corrected chi connectivity index (χ2v) is 15.1. The Morgan fingerprint density at radius 2 is 1.52 bits per heavy atom. The maximum atomic E-state index is 10.9. The molecule has 33 heavy (non-hydrogen) atoms. The lowest BCUT2D eigenvalue weighted by Gasteiger charge is -2.71. The highest BCUT2D eigenvalue weighted by molar-refractivity contribution is 5.33. The first-order valence-electron chi connectivity index (χ1n) is 13.9. The second-order valence-electron chi connectivity index (χ2n) is 15.1. The fourth-order valence-corrected chi connectivity index (χ4v) is 10.6. The van der Waals surface area contributed by atoms with Gasteiger partial charge >= 0.3 is 0 Å². The van der Waals surface area contributed by atoms with Crippen LogP contribution in [0.25, 0.3) is 0 Å². The van der Waals surface area contributed by atoms with Crippen molar-refractivity contribution in [1.82, 2.24) is 0 Å². The van der Waals surface area contributed by atoms with Crippen LogP contribution >= 0.6 is 0 Å². The van der Waals surface area contributed by atoms with Gasteiger partial charge in [-0.15, -0.1) is 0 Å². The van der Waals surface area contributed by atoms with Crippen LogP contribution in [-0.2, 0) is 0 Å². The van der Waals surface area contributed by atoms with E-state index in [4.69, 9.17) is 0 Å². The summed E-state index contributed by atoms with van der Waals surface area (Å²) in [6.07, 6.45) is 11.9. The Kier molecular flexibility index (Phi) is 5.23. The van der Waals surface area contributed by atoms with E-state index in [2.05, 4.69) is 54.5 Å². The SMILES string of the molecule is CC1(C)C[C@H]2C3=CC[C@@H]4[C@@]5(C)CC[C@H](O)[C@](C)(CO)[C@@H]5CC[C@@]4(C)[C@]3(C)CC[C@@]2(C)C[C@@H]1O. The lowest BCUT2D eigenvalue weighted by Crippen LogP contribution is -2.65. The third-order valence-corrected chi connectivity index (χ3v) is 13.3. The Hall–Kier alpha value is -0.380. The van der Waals surface area contributed by atoms with Crippen LogP contribution in [0.2, 0.25) is 0 Å². The van der Waals surface area contributed by atoms with E-state index < -0.39 is 0 Å². The van der Waals surface area contributed by atoms with E-state index in [-0.39, 0.29) is 51.3 Å². The summed E-state index contributed by atoms with van der Waals surface area (Å²) in [5, 5.41) is 32.3. The van der Waals surface area contributed by atoms with E-state index in [1.807, 2.05) is 0 Å². The standard InChI is InChI=1S/C30H50O3/c1-25(2)16-20-19-8-9-22-27(4)12-11-23(32)28(5,18-31)21(27)10-13-30(22,7)29(19,6)15-14-26(20,3)17-24(25)33/h8,20-24,31-33H,9-18H2,1-7H3/t20-,21+,22+,23-,24-,26-,27-,28+,29+,30+/m0/s1. The van der Waals surface area contributed by atoms with Gasteiger partial charge in [0.1, 0.15) is 0 Å². The number of rotatable bonds is 1. The lowest BCUT2D eigenvalue weighted by atomic mass is 9.33. The molecule has 188 valence electrons. The van der Waals surface area contributed by atoms with Gasteiger partial charge < -0.3 is 15.3 Å². The summed E-state index contributed by atoms with van der Waals surface area (Å²) in [5.41, 5.74) is 2.16. The summed E-state index contributed by atoms with van der Waals surface area (Å²) in [7, 11) is 0. The molecule has 0 aromatic heterocycles. The van der Waals surface area contributed by atoms with Gasteiger partial charge in [-0.25, -0.2) is 0 Å². The summed E-state index contributed by atoms with van der Waals surface area (Å²) in [5.74, 6) is 1.56. The van der Waals surface area contributed by atoms with Gasteiger partial charge in [-0.2, -0.15) is 0 Å². The van der Waals surface area contributed by atoms with Crippen LogP contribution in [-0.4, -0.2) is 34.1 Å². The zero-order valence-corrected chi connectivity index (χ0v) is 22.4. The number of hydrogen-bond acceptors (Lipinski definition) is 3. The van der Waals surface area contributed by atoms with Crippen molar-refractivity contribution in [3.63, 3.8) is 0 Å². The first kappa shape index (κ1) is 24.3. The fraction of sp³-hybridized carbons (Fsp3) is 0.933. The average Bonchev–Trinajstić information content (AvgIpc) is 2.73. The van der Waals surface area contributed by atoms with Crippen LogP contribution in [0.4, 0.5) is 0 Å². The molecule has 0 aromatic rings. The van der Waals surface area contributed by atoms with Crippen LogP contribution in [0.3, 0.4) is 0 Å². The highest BCUT2D eigenvalue weighted by Crippen LogP contribution is 2.75. The van der Waals surface area contributed by atoms with E-state index >= 15 is 0 Å². The molecule has 10 atom stereocenters. The van der Waals surface area contributed by atoms with Gasteiger partial charge in [0.25, 0.3) is 0 Å². The molecule has 0 spiro atoms. The maximum absolute atomic E-state index is 10.9. The van der Waals surface area contributed by atoms with Gasteiger partial charge in [0.05, 0.1) is 18.8 Å². The third-order valence-electron chi connectivity index (χ3n) is 13.3. The molecule has 0 radical (unpaired) electrons. The van der Waals surface area contributed by atoms with Gasteiger partial charge in [0.2, 0.25) is 0 Å². The number of fused-ring (bicyclic) bond motifs is 7. The van der Waals surface area contributed by atoms with Crippen molar-refractivity contribution < 1.29 is 15.3 Å². The molecule has 3 nitrogen and oxygen atoms in total. The molecule has 0 unspecified atom stereocenters. The van der Waals surface area contributed by atoms with E-state index in [1.165, 1.54) is 19.3 Å². The highest BCUT2D eigenvalue weighted by Gasteiger charge is 2.68. The second kappa shape index (κ2) is 7.10. The highest BCUT2D eigenvalue weighted by atomic mass is 16.3. The smallest absolute Gasteiger partial charge is 0.0618 e. The summed E-state index contributed by atoms with van der Waals surface area (Å²) < 4.78 is 0.